The highest BCUT2D eigenvalue weighted by atomic mass is 16.5. The Balaban J connectivity index is 0. The van der Waals surface area contributed by atoms with Gasteiger partial charge in [-0.3, -0.25) is 4.79 Å². The van der Waals surface area contributed by atoms with Crippen molar-refractivity contribution in [2.24, 2.45) is 0 Å². The molecule has 0 saturated heterocycles. The van der Waals surface area contributed by atoms with Gasteiger partial charge in [0.2, 0.25) is 5.91 Å². The molecule has 0 aromatic carbocycles. The van der Waals surface area contributed by atoms with E-state index in [1.807, 2.05) is 13.8 Å². The van der Waals surface area contributed by atoms with Crippen LogP contribution < -0.4 is 10.6 Å². The molecule has 0 aromatic heterocycles. The Kier molecular flexibility index (Phi) is 12.8. The summed E-state index contributed by atoms with van der Waals surface area (Å²) in [6.07, 6.45) is -0.701. The minimum atomic E-state index is -0.701. The fourth-order valence-corrected chi connectivity index (χ4v) is 0.978. The lowest BCUT2D eigenvalue weighted by Crippen LogP contribution is -2.49. The Labute approximate surface area is 92.2 Å². The van der Waals surface area contributed by atoms with E-state index >= 15 is 0 Å². The number of aliphatic hydroxyl groups excluding tert-OH is 1. The van der Waals surface area contributed by atoms with Crippen LogP contribution in [0.4, 0.5) is 0 Å². The molecule has 2 atom stereocenters. The second kappa shape index (κ2) is 11.4. The zero-order chi connectivity index (χ0) is 12.3. The van der Waals surface area contributed by atoms with Crippen LogP contribution in [0.5, 0.6) is 0 Å². The first-order valence-corrected chi connectivity index (χ1v) is 5.25. The van der Waals surface area contributed by atoms with Crippen molar-refractivity contribution in [3.63, 3.8) is 0 Å². The second-order valence-electron chi connectivity index (χ2n) is 2.79. The molecule has 0 aliphatic carbocycles. The molecule has 5 heteroatoms. The monoisotopic (exact) mass is 220 g/mol. The van der Waals surface area contributed by atoms with Crippen molar-refractivity contribution in [2.75, 3.05) is 27.3 Å². The largest absolute Gasteiger partial charge is 0.391 e. The van der Waals surface area contributed by atoms with Gasteiger partial charge < -0.3 is 20.5 Å². The van der Waals surface area contributed by atoms with Gasteiger partial charge in [-0.05, 0) is 14.0 Å². The van der Waals surface area contributed by atoms with Crippen LogP contribution in [0.3, 0.4) is 0 Å². The molecule has 0 rings (SSSR count). The molecule has 0 aromatic rings. The van der Waals surface area contributed by atoms with Crippen LogP contribution >= 0.6 is 0 Å². The first-order chi connectivity index (χ1) is 7.13. The highest BCUT2D eigenvalue weighted by molar-refractivity contribution is 5.82. The topological polar surface area (TPSA) is 70.6 Å². The van der Waals surface area contributed by atoms with Crippen molar-refractivity contribution in [1.29, 1.82) is 0 Å². The number of rotatable bonds is 6. The van der Waals surface area contributed by atoms with E-state index in [2.05, 4.69) is 10.6 Å². The van der Waals surface area contributed by atoms with Gasteiger partial charge in [0, 0.05) is 13.7 Å². The molecule has 3 N–H and O–H groups in total. The smallest absolute Gasteiger partial charge is 0.239 e. The van der Waals surface area contributed by atoms with E-state index in [9.17, 15) is 9.90 Å². The fraction of sp³-hybridized carbons (Fsp3) is 0.900. The van der Waals surface area contributed by atoms with Crippen LogP contribution in [-0.4, -0.2) is 50.5 Å². The maximum Gasteiger partial charge on any atom is 0.239 e. The lowest BCUT2D eigenvalue weighted by Gasteiger charge is -2.18. The summed E-state index contributed by atoms with van der Waals surface area (Å²) in [5, 5.41) is 14.5. The molecule has 92 valence electrons. The average molecular weight is 220 g/mol. The van der Waals surface area contributed by atoms with Gasteiger partial charge in [-0.25, -0.2) is 0 Å². The van der Waals surface area contributed by atoms with Crippen molar-refractivity contribution in [1.82, 2.24) is 10.6 Å². The zero-order valence-electron chi connectivity index (χ0n) is 10.3. The van der Waals surface area contributed by atoms with Gasteiger partial charge in [-0.2, -0.15) is 0 Å². The summed E-state index contributed by atoms with van der Waals surface area (Å²) in [5.74, 6) is -0.213. The number of likely N-dealkylation sites (N-methyl/N-ethyl adjacent to an activating group) is 1. The number of carbonyl (C=O) groups excluding carboxylic acids is 1. The summed E-state index contributed by atoms with van der Waals surface area (Å²) in [5.41, 5.74) is 0. The molecule has 5 nitrogen and oxygen atoms in total. The quantitative estimate of drug-likeness (QED) is 0.540. The van der Waals surface area contributed by atoms with Crippen LogP contribution in [-0.2, 0) is 9.53 Å². The summed E-state index contributed by atoms with van der Waals surface area (Å²) in [7, 11) is 3.20. The highest BCUT2D eigenvalue weighted by Gasteiger charge is 2.20. The zero-order valence-corrected chi connectivity index (χ0v) is 10.3. The van der Waals surface area contributed by atoms with E-state index in [4.69, 9.17) is 4.74 Å². The Bertz CT molecular complexity index is 152. The maximum absolute atomic E-state index is 11.3. The number of methoxy groups -OCH3 is 1. The third kappa shape index (κ3) is 8.35. The van der Waals surface area contributed by atoms with Crippen molar-refractivity contribution in [3.05, 3.63) is 0 Å². The number of nitrogens with one attached hydrogen (secondary N) is 2. The predicted molar refractivity (Wildman–Crippen MR) is 60.8 cm³/mol. The van der Waals surface area contributed by atoms with Crippen LogP contribution in [0.15, 0.2) is 0 Å². The standard InChI is InChI=1S/C8H18N2O3.C2H6/c1-6(11)7(9-2)8(12)10-4-5-13-3;1-2/h6-7,9,11H,4-5H2,1-3H3,(H,10,12);1-2H3. The van der Waals surface area contributed by atoms with Crippen molar-refractivity contribution in [2.45, 2.75) is 32.9 Å². The van der Waals surface area contributed by atoms with Gasteiger partial charge in [-0.1, -0.05) is 13.8 Å². The van der Waals surface area contributed by atoms with Crippen molar-refractivity contribution < 1.29 is 14.6 Å². The number of hydrogen-bond acceptors (Lipinski definition) is 4. The van der Waals surface area contributed by atoms with Gasteiger partial charge in [0.1, 0.15) is 6.04 Å². The molecule has 0 bridgehead atoms. The average Bonchev–Trinajstić information content (AvgIpc) is 2.21. The van der Waals surface area contributed by atoms with Crippen LogP contribution in [0.1, 0.15) is 20.8 Å². The van der Waals surface area contributed by atoms with Crippen molar-refractivity contribution >= 4 is 5.91 Å². The van der Waals surface area contributed by atoms with E-state index in [1.165, 1.54) is 0 Å². The Morgan fingerprint density at radius 2 is 2.00 bits per heavy atom. The first-order valence-electron chi connectivity index (χ1n) is 5.25. The van der Waals surface area contributed by atoms with Gasteiger partial charge in [0.15, 0.2) is 0 Å². The second-order valence-corrected chi connectivity index (χ2v) is 2.79. The maximum atomic E-state index is 11.3. The molecule has 15 heavy (non-hydrogen) atoms. The van der Waals surface area contributed by atoms with Crippen LogP contribution in [0.25, 0.3) is 0 Å². The van der Waals surface area contributed by atoms with Crippen molar-refractivity contribution in [3.8, 4) is 0 Å². The molecule has 0 saturated carbocycles. The number of carbonyl (C=O) groups is 1. The SMILES string of the molecule is CC.CNC(C(=O)NCCOC)C(C)O. The molecule has 0 fully saturated rings. The Morgan fingerprint density at radius 3 is 2.33 bits per heavy atom. The molecule has 1 amide bonds. The van der Waals surface area contributed by atoms with Gasteiger partial charge in [-0.15, -0.1) is 0 Å². The van der Waals surface area contributed by atoms with Crippen LogP contribution in [0.2, 0.25) is 0 Å². The first kappa shape index (κ1) is 16.8. The molecular weight excluding hydrogens is 196 g/mol. The summed E-state index contributed by atoms with van der Waals surface area (Å²) in [6.45, 7) is 6.50. The lowest BCUT2D eigenvalue weighted by molar-refractivity contribution is -0.125. The molecular formula is C10H24N2O3. The van der Waals surface area contributed by atoms with E-state index < -0.39 is 12.1 Å². The lowest BCUT2D eigenvalue weighted by atomic mass is 10.2. The molecule has 0 aliphatic rings. The third-order valence-corrected chi connectivity index (χ3v) is 1.68. The van der Waals surface area contributed by atoms with E-state index in [0.29, 0.717) is 13.2 Å². The fourth-order valence-electron chi connectivity index (χ4n) is 0.978. The number of ether oxygens (including phenoxy) is 1. The molecule has 0 radical (unpaired) electrons. The van der Waals surface area contributed by atoms with Gasteiger partial charge in [0.25, 0.3) is 0 Å². The third-order valence-electron chi connectivity index (χ3n) is 1.68. The Hall–Kier alpha value is -0.650. The number of amides is 1. The molecule has 0 aliphatic heterocycles. The van der Waals surface area contributed by atoms with E-state index in [-0.39, 0.29) is 5.91 Å². The summed E-state index contributed by atoms with van der Waals surface area (Å²) in [4.78, 5) is 11.3. The Morgan fingerprint density at radius 1 is 1.47 bits per heavy atom. The summed E-state index contributed by atoms with van der Waals surface area (Å²) >= 11 is 0. The summed E-state index contributed by atoms with van der Waals surface area (Å²) < 4.78 is 4.77. The molecule has 0 spiro atoms. The summed E-state index contributed by atoms with van der Waals surface area (Å²) in [6, 6.07) is -0.558. The van der Waals surface area contributed by atoms with E-state index in [0.717, 1.165) is 0 Å². The molecule has 2 unspecified atom stereocenters. The minimum absolute atomic E-state index is 0.213. The van der Waals surface area contributed by atoms with Gasteiger partial charge >= 0.3 is 0 Å². The van der Waals surface area contributed by atoms with Gasteiger partial charge in [0.05, 0.1) is 12.7 Å². The molecule has 0 heterocycles. The number of aliphatic hydroxyl groups is 1. The van der Waals surface area contributed by atoms with E-state index in [1.54, 1.807) is 21.1 Å². The minimum Gasteiger partial charge on any atom is -0.391 e. The highest BCUT2D eigenvalue weighted by Crippen LogP contribution is 1.91. The normalized spacial score (nSPS) is 13.5. The predicted octanol–water partition coefficient (Wildman–Crippen LogP) is -0.256. The van der Waals surface area contributed by atoms with Crippen LogP contribution in [0, 0.1) is 0 Å². The number of hydrogen-bond donors (Lipinski definition) is 3.